The Morgan fingerprint density at radius 3 is 2.83 bits per heavy atom. The monoisotopic (exact) mass is 333 g/mol. The highest BCUT2D eigenvalue weighted by Crippen LogP contribution is 2.35. The average Bonchev–Trinajstić information content (AvgIpc) is 2.55. The zero-order valence-corrected chi connectivity index (χ0v) is 14.7. The van der Waals surface area contributed by atoms with Gasteiger partial charge in [0.2, 0.25) is 0 Å². The van der Waals surface area contributed by atoms with Crippen LogP contribution in [0.15, 0.2) is 35.9 Å². The summed E-state index contributed by atoms with van der Waals surface area (Å²) in [6, 6.07) is 7.40. The summed E-state index contributed by atoms with van der Waals surface area (Å²) < 4.78 is 5.22. The van der Waals surface area contributed by atoms with E-state index >= 15 is 0 Å². The van der Waals surface area contributed by atoms with Gasteiger partial charge in [0.25, 0.3) is 0 Å². The molecule has 0 bridgehead atoms. The highest BCUT2D eigenvalue weighted by molar-refractivity contribution is 5.76. The number of aliphatic carboxylic acids is 1. The van der Waals surface area contributed by atoms with E-state index in [1.165, 1.54) is 5.57 Å². The lowest BCUT2D eigenvalue weighted by Gasteiger charge is -2.43. The van der Waals surface area contributed by atoms with Gasteiger partial charge in [-0.05, 0) is 44.4 Å². The first kappa shape index (κ1) is 18.5. The van der Waals surface area contributed by atoms with Crippen LogP contribution in [0.25, 0.3) is 0 Å². The molecule has 0 saturated carbocycles. The summed E-state index contributed by atoms with van der Waals surface area (Å²) in [4.78, 5) is 14.2. The molecule has 0 aliphatic carbocycles. The molecule has 0 unspecified atom stereocenters. The van der Waals surface area contributed by atoms with Crippen LogP contribution in [0.4, 0.5) is 0 Å². The largest absolute Gasteiger partial charge is 0.497 e. The SMILES string of the molecule is COc1cccc(C[C@@]2(C(=O)O)CN(CC=C(C)C)CC[C@H]2O)c1. The van der Waals surface area contributed by atoms with Crippen molar-refractivity contribution in [2.45, 2.75) is 32.8 Å². The van der Waals surface area contributed by atoms with Crippen molar-refractivity contribution in [1.29, 1.82) is 0 Å². The molecule has 0 spiro atoms. The summed E-state index contributed by atoms with van der Waals surface area (Å²) >= 11 is 0. The van der Waals surface area contributed by atoms with Crippen molar-refractivity contribution in [3.05, 3.63) is 41.5 Å². The number of hydrogen-bond acceptors (Lipinski definition) is 4. The van der Waals surface area contributed by atoms with E-state index in [1.54, 1.807) is 7.11 Å². The molecule has 1 heterocycles. The smallest absolute Gasteiger partial charge is 0.313 e. The second-order valence-electron chi connectivity index (χ2n) is 6.81. The zero-order valence-electron chi connectivity index (χ0n) is 14.7. The molecular formula is C19H27NO4. The first-order valence-corrected chi connectivity index (χ1v) is 8.27. The molecule has 1 fully saturated rings. The standard InChI is InChI=1S/C19H27NO4/c1-14(2)7-9-20-10-8-17(21)19(13-20,18(22)23)12-15-5-4-6-16(11-15)24-3/h4-7,11,17,21H,8-10,12-13H2,1-3H3,(H,22,23)/t17-,19-/m1/s1. The van der Waals surface area contributed by atoms with Crippen molar-refractivity contribution in [3.63, 3.8) is 0 Å². The molecule has 1 aromatic carbocycles. The first-order chi connectivity index (χ1) is 11.4. The molecule has 0 radical (unpaired) electrons. The van der Waals surface area contributed by atoms with Gasteiger partial charge in [0.1, 0.15) is 11.2 Å². The lowest BCUT2D eigenvalue weighted by Crippen LogP contribution is -2.57. The number of benzene rings is 1. The van der Waals surface area contributed by atoms with Gasteiger partial charge in [0, 0.05) is 19.6 Å². The summed E-state index contributed by atoms with van der Waals surface area (Å²) in [5.41, 5.74) is 0.870. The third-order valence-electron chi connectivity index (χ3n) is 4.70. The Kier molecular flexibility index (Phi) is 6.02. The van der Waals surface area contributed by atoms with Crippen molar-refractivity contribution in [3.8, 4) is 5.75 Å². The molecule has 2 N–H and O–H groups in total. The third-order valence-corrected chi connectivity index (χ3v) is 4.70. The molecule has 1 aliphatic heterocycles. The van der Waals surface area contributed by atoms with E-state index in [4.69, 9.17) is 4.74 Å². The van der Waals surface area contributed by atoms with Gasteiger partial charge in [0.05, 0.1) is 13.2 Å². The van der Waals surface area contributed by atoms with Gasteiger partial charge < -0.3 is 14.9 Å². The molecular weight excluding hydrogens is 306 g/mol. The minimum Gasteiger partial charge on any atom is -0.497 e. The molecule has 1 aromatic rings. The quantitative estimate of drug-likeness (QED) is 0.782. The second kappa shape index (κ2) is 7.81. The second-order valence-corrected chi connectivity index (χ2v) is 6.81. The van der Waals surface area contributed by atoms with E-state index in [0.717, 1.165) is 5.56 Å². The number of carbonyl (C=O) groups is 1. The van der Waals surface area contributed by atoms with Crippen LogP contribution in [0.1, 0.15) is 25.8 Å². The molecule has 1 aliphatic rings. The first-order valence-electron chi connectivity index (χ1n) is 8.27. The molecule has 2 rings (SSSR count). The van der Waals surface area contributed by atoms with Gasteiger partial charge >= 0.3 is 5.97 Å². The summed E-state index contributed by atoms with van der Waals surface area (Å²) in [5.74, 6) is -0.251. The summed E-state index contributed by atoms with van der Waals surface area (Å²) in [6.07, 6.45) is 1.98. The van der Waals surface area contributed by atoms with Crippen molar-refractivity contribution in [1.82, 2.24) is 4.90 Å². The molecule has 132 valence electrons. The Bertz CT molecular complexity index is 609. The maximum atomic E-state index is 12.1. The number of piperidine rings is 1. The Hall–Kier alpha value is -1.85. The number of aliphatic hydroxyl groups excluding tert-OH is 1. The number of likely N-dealkylation sites (tertiary alicyclic amines) is 1. The van der Waals surface area contributed by atoms with E-state index < -0.39 is 17.5 Å². The van der Waals surface area contributed by atoms with Gasteiger partial charge in [0.15, 0.2) is 0 Å². The summed E-state index contributed by atoms with van der Waals surface area (Å²) in [5, 5.41) is 20.4. The molecule has 5 nitrogen and oxygen atoms in total. The average molecular weight is 333 g/mol. The van der Waals surface area contributed by atoms with E-state index in [9.17, 15) is 15.0 Å². The normalized spacial score (nSPS) is 24.4. The molecule has 0 aromatic heterocycles. The van der Waals surface area contributed by atoms with E-state index in [2.05, 4.69) is 11.0 Å². The van der Waals surface area contributed by atoms with Crippen LogP contribution in [0.3, 0.4) is 0 Å². The zero-order chi connectivity index (χ0) is 17.7. The van der Waals surface area contributed by atoms with Crippen LogP contribution < -0.4 is 4.74 Å². The van der Waals surface area contributed by atoms with Crippen molar-refractivity contribution in [2.75, 3.05) is 26.7 Å². The maximum Gasteiger partial charge on any atom is 0.313 e. The minimum atomic E-state index is -1.19. The summed E-state index contributed by atoms with van der Waals surface area (Å²) in [7, 11) is 1.59. The van der Waals surface area contributed by atoms with Gasteiger partial charge in [-0.1, -0.05) is 23.8 Å². The predicted octanol–water partition coefficient (Wildman–Crippen LogP) is 2.34. The van der Waals surface area contributed by atoms with Crippen LogP contribution in [0.5, 0.6) is 5.75 Å². The molecule has 5 heteroatoms. The van der Waals surface area contributed by atoms with Gasteiger partial charge in [-0.25, -0.2) is 0 Å². The number of rotatable bonds is 6. The Morgan fingerprint density at radius 1 is 1.46 bits per heavy atom. The van der Waals surface area contributed by atoms with Crippen molar-refractivity contribution >= 4 is 5.97 Å². The number of ether oxygens (including phenoxy) is 1. The van der Waals surface area contributed by atoms with E-state index in [0.29, 0.717) is 31.8 Å². The number of hydrogen-bond donors (Lipinski definition) is 2. The van der Waals surface area contributed by atoms with Crippen LogP contribution in [-0.4, -0.2) is 53.9 Å². The third kappa shape index (κ3) is 4.16. The Labute approximate surface area is 143 Å². The Balaban J connectivity index is 2.26. The number of methoxy groups -OCH3 is 1. The van der Waals surface area contributed by atoms with Gasteiger partial charge in [-0.3, -0.25) is 9.69 Å². The molecule has 0 amide bonds. The molecule has 24 heavy (non-hydrogen) atoms. The van der Waals surface area contributed by atoms with Crippen LogP contribution in [-0.2, 0) is 11.2 Å². The highest BCUT2D eigenvalue weighted by Gasteiger charge is 2.49. The fourth-order valence-electron chi connectivity index (χ4n) is 3.24. The van der Waals surface area contributed by atoms with Crippen LogP contribution >= 0.6 is 0 Å². The van der Waals surface area contributed by atoms with Crippen molar-refractivity contribution < 1.29 is 19.7 Å². The molecule has 2 atom stereocenters. The molecule has 1 saturated heterocycles. The number of carboxylic acids is 1. The van der Waals surface area contributed by atoms with Gasteiger partial charge in [-0.2, -0.15) is 0 Å². The number of aliphatic hydroxyl groups is 1. The van der Waals surface area contributed by atoms with Crippen LogP contribution in [0, 0.1) is 5.41 Å². The number of allylic oxidation sites excluding steroid dienone is 1. The lowest BCUT2D eigenvalue weighted by molar-refractivity contribution is -0.163. The predicted molar refractivity (Wildman–Crippen MR) is 93.3 cm³/mol. The number of carboxylic acid groups (broad SMARTS) is 1. The minimum absolute atomic E-state index is 0.284. The number of nitrogens with zero attached hydrogens (tertiary/aromatic N) is 1. The van der Waals surface area contributed by atoms with Crippen LogP contribution in [0.2, 0.25) is 0 Å². The fourth-order valence-corrected chi connectivity index (χ4v) is 3.24. The maximum absolute atomic E-state index is 12.1. The van der Waals surface area contributed by atoms with E-state index in [1.807, 2.05) is 38.1 Å². The summed E-state index contributed by atoms with van der Waals surface area (Å²) in [6.45, 7) is 5.81. The fraction of sp³-hybridized carbons (Fsp3) is 0.526. The van der Waals surface area contributed by atoms with Crippen molar-refractivity contribution in [2.24, 2.45) is 5.41 Å². The van der Waals surface area contributed by atoms with E-state index in [-0.39, 0.29) is 6.42 Å². The Morgan fingerprint density at radius 2 is 2.21 bits per heavy atom. The topological polar surface area (TPSA) is 70.0 Å². The van der Waals surface area contributed by atoms with Gasteiger partial charge in [-0.15, -0.1) is 0 Å². The lowest BCUT2D eigenvalue weighted by atomic mass is 9.73. The highest BCUT2D eigenvalue weighted by atomic mass is 16.5.